The van der Waals surface area contributed by atoms with E-state index >= 15 is 0 Å². The summed E-state index contributed by atoms with van der Waals surface area (Å²) < 4.78 is 5.02. The van der Waals surface area contributed by atoms with Gasteiger partial charge >= 0.3 is 5.69 Å². The van der Waals surface area contributed by atoms with E-state index in [0.29, 0.717) is 5.69 Å². The smallest absolute Gasteiger partial charge is 0.311 e. The monoisotopic (exact) mass is 461 g/mol. The zero-order valence-corrected chi connectivity index (χ0v) is 19.0. The van der Waals surface area contributed by atoms with Crippen LogP contribution in [0.2, 0.25) is 0 Å². The predicted molar refractivity (Wildman–Crippen MR) is 131 cm³/mol. The maximum absolute atomic E-state index is 12.9. The van der Waals surface area contributed by atoms with E-state index in [1.165, 1.54) is 30.9 Å². The zero-order chi connectivity index (χ0) is 23.9. The van der Waals surface area contributed by atoms with Gasteiger partial charge in [0.1, 0.15) is 0 Å². The van der Waals surface area contributed by atoms with Crippen molar-refractivity contribution < 1.29 is 14.5 Å². The first-order chi connectivity index (χ1) is 16.5. The summed E-state index contributed by atoms with van der Waals surface area (Å²) in [5.41, 5.74) is 2.85. The van der Waals surface area contributed by atoms with Gasteiger partial charge in [-0.1, -0.05) is 12.1 Å². The normalized spacial score (nSPS) is 14.0. The van der Waals surface area contributed by atoms with Gasteiger partial charge in [0.25, 0.3) is 5.91 Å². The Morgan fingerprint density at radius 2 is 1.82 bits per heavy atom. The minimum absolute atomic E-state index is 0.115. The van der Waals surface area contributed by atoms with Crippen LogP contribution in [0.1, 0.15) is 15.9 Å². The van der Waals surface area contributed by atoms with Crippen LogP contribution in [0, 0.1) is 10.1 Å². The third-order valence-corrected chi connectivity index (χ3v) is 5.97. The minimum atomic E-state index is -0.558. The van der Waals surface area contributed by atoms with E-state index < -0.39 is 10.8 Å². The molecule has 0 atom stereocenters. The number of ether oxygens (including phenoxy) is 1. The van der Waals surface area contributed by atoms with Crippen LogP contribution < -0.4 is 15.0 Å². The number of piperazine rings is 1. The molecule has 2 heterocycles. The van der Waals surface area contributed by atoms with Crippen molar-refractivity contribution in [3.05, 3.63) is 88.2 Å². The number of nitrogens with one attached hydrogen (secondary N) is 1. The Labute approximate surface area is 198 Å². The van der Waals surface area contributed by atoms with Gasteiger partial charge in [-0.3, -0.25) is 24.8 Å². The molecule has 9 nitrogen and oxygen atoms in total. The number of methoxy groups -OCH3 is 1. The number of amides is 1. The predicted octanol–water partition coefficient (Wildman–Crippen LogP) is 3.62. The van der Waals surface area contributed by atoms with Crippen molar-refractivity contribution in [3.63, 3.8) is 0 Å². The van der Waals surface area contributed by atoms with Crippen molar-refractivity contribution in [1.29, 1.82) is 0 Å². The van der Waals surface area contributed by atoms with Crippen molar-refractivity contribution in [2.45, 2.75) is 6.42 Å². The van der Waals surface area contributed by atoms with Gasteiger partial charge in [0.05, 0.1) is 23.4 Å². The number of nitro groups is 1. The van der Waals surface area contributed by atoms with Crippen LogP contribution in [0.3, 0.4) is 0 Å². The fourth-order valence-electron chi connectivity index (χ4n) is 4.07. The first kappa shape index (κ1) is 23.2. The van der Waals surface area contributed by atoms with Gasteiger partial charge in [-0.15, -0.1) is 0 Å². The van der Waals surface area contributed by atoms with E-state index in [1.807, 2.05) is 48.8 Å². The summed E-state index contributed by atoms with van der Waals surface area (Å²) in [5, 5.41) is 14.2. The number of hydrogen-bond acceptors (Lipinski definition) is 7. The highest BCUT2D eigenvalue weighted by atomic mass is 16.6. The number of nitro benzene ring substituents is 1. The molecular weight excluding hydrogens is 434 g/mol. The van der Waals surface area contributed by atoms with Crippen LogP contribution in [0.25, 0.3) is 0 Å². The lowest BCUT2D eigenvalue weighted by atomic mass is 10.1. The zero-order valence-electron chi connectivity index (χ0n) is 19.0. The second-order valence-electron chi connectivity index (χ2n) is 8.05. The Hall–Kier alpha value is -3.98. The lowest BCUT2D eigenvalue weighted by Crippen LogP contribution is -2.47. The summed E-state index contributed by atoms with van der Waals surface area (Å²) in [6.45, 7) is 4.54. The van der Waals surface area contributed by atoms with E-state index in [0.717, 1.165) is 44.8 Å². The molecular formula is C25H27N5O4. The topological polar surface area (TPSA) is 101 Å². The summed E-state index contributed by atoms with van der Waals surface area (Å²) >= 11 is 0. The van der Waals surface area contributed by atoms with Gasteiger partial charge < -0.3 is 15.0 Å². The fraction of sp³-hybridized carbons (Fsp3) is 0.280. The molecule has 1 aromatic heterocycles. The molecule has 0 aliphatic carbocycles. The maximum Gasteiger partial charge on any atom is 0.311 e. The Kier molecular flexibility index (Phi) is 7.34. The SMILES string of the molecule is COc1ccc(C(=O)Nc2ccccc2N2CCN(CCc3ccncc3)CC2)cc1[N+](=O)[O-]. The number of rotatable bonds is 8. The molecule has 2 aromatic carbocycles. The standard InChI is InChI=1S/C25H27N5O4/c1-34-24-7-6-20(18-23(24)30(32)33)25(31)27-21-4-2-3-5-22(21)29-16-14-28(15-17-29)13-10-19-8-11-26-12-9-19/h2-9,11-12,18H,10,13-17H2,1H3,(H,27,31). The highest BCUT2D eigenvalue weighted by Gasteiger charge is 2.22. The molecule has 3 aromatic rings. The molecule has 0 unspecified atom stereocenters. The van der Waals surface area contributed by atoms with Gasteiger partial charge in [-0.2, -0.15) is 0 Å². The lowest BCUT2D eigenvalue weighted by Gasteiger charge is -2.37. The quantitative estimate of drug-likeness (QED) is 0.404. The number of carbonyl (C=O) groups is 1. The molecule has 1 aliphatic rings. The van der Waals surface area contributed by atoms with Crippen molar-refractivity contribution >= 4 is 23.0 Å². The highest BCUT2D eigenvalue weighted by Crippen LogP contribution is 2.30. The van der Waals surface area contributed by atoms with Gasteiger partial charge in [0, 0.05) is 56.7 Å². The number of anilines is 2. The second kappa shape index (κ2) is 10.8. The Balaban J connectivity index is 1.40. The summed E-state index contributed by atoms with van der Waals surface area (Å²) in [6.07, 6.45) is 4.63. The molecule has 0 radical (unpaired) electrons. The summed E-state index contributed by atoms with van der Waals surface area (Å²) in [4.78, 5) is 32.4. The molecule has 9 heteroatoms. The van der Waals surface area contributed by atoms with E-state index in [2.05, 4.69) is 20.1 Å². The summed E-state index contributed by atoms with van der Waals surface area (Å²) in [6, 6.07) is 15.9. The van der Waals surface area contributed by atoms with E-state index in [9.17, 15) is 14.9 Å². The average molecular weight is 462 g/mol. The van der Waals surface area contributed by atoms with Crippen molar-refractivity contribution in [1.82, 2.24) is 9.88 Å². The third-order valence-electron chi connectivity index (χ3n) is 5.97. The molecule has 1 amide bonds. The minimum Gasteiger partial charge on any atom is -0.490 e. The van der Waals surface area contributed by atoms with Crippen LogP contribution in [0.15, 0.2) is 67.0 Å². The van der Waals surface area contributed by atoms with Crippen LogP contribution >= 0.6 is 0 Å². The number of pyridine rings is 1. The highest BCUT2D eigenvalue weighted by molar-refractivity contribution is 6.06. The van der Waals surface area contributed by atoms with Gasteiger partial charge in [-0.05, 0) is 48.4 Å². The largest absolute Gasteiger partial charge is 0.490 e. The summed E-state index contributed by atoms with van der Waals surface area (Å²) in [5.74, 6) is -0.294. The fourth-order valence-corrected chi connectivity index (χ4v) is 4.07. The summed E-state index contributed by atoms with van der Waals surface area (Å²) in [7, 11) is 1.36. The number of benzene rings is 2. The Bertz CT molecular complexity index is 1150. The molecule has 0 bridgehead atoms. The number of para-hydroxylation sites is 2. The lowest BCUT2D eigenvalue weighted by molar-refractivity contribution is -0.385. The first-order valence-corrected chi connectivity index (χ1v) is 11.1. The molecule has 1 fully saturated rings. The average Bonchev–Trinajstić information content (AvgIpc) is 2.88. The Morgan fingerprint density at radius 1 is 1.09 bits per heavy atom. The van der Waals surface area contributed by atoms with Crippen LogP contribution in [0.4, 0.5) is 17.1 Å². The van der Waals surface area contributed by atoms with Crippen LogP contribution in [-0.4, -0.2) is 60.5 Å². The van der Waals surface area contributed by atoms with E-state index in [4.69, 9.17) is 4.74 Å². The van der Waals surface area contributed by atoms with E-state index in [-0.39, 0.29) is 17.0 Å². The van der Waals surface area contributed by atoms with Crippen molar-refractivity contribution in [3.8, 4) is 5.75 Å². The van der Waals surface area contributed by atoms with Crippen molar-refractivity contribution in [2.24, 2.45) is 0 Å². The first-order valence-electron chi connectivity index (χ1n) is 11.1. The van der Waals surface area contributed by atoms with Gasteiger partial charge in [0.2, 0.25) is 0 Å². The van der Waals surface area contributed by atoms with Crippen LogP contribution in [0.5, 0.6) is 5.75 Å². The molecule has 1 saturated heterocycles. The third kappa shape index (κ3) is 5.49. The number of aromatic nitrogens is 1. The van der Waals surface area contributed by atoms with Crippen molar-refractivity contribution in [2.75, 3.05) is 50.1 Å². The molecule has 1 N–H and O–H groups in total. The second-order valence-corrected chi connectivity index (χ2v) is 8.05. The van der Waals surface area contributed by atoms with Gasteiger partial charge in [0.15, 0.2) is 5.75 Å². The molecule has 1 aliphatic heterocycles. The molecule has 34 heavy (non-hydrogen) atoms. The van der Waals surface area contributed by atoms with Gasteiger partial charge in [-0.25, -0.2) is 0 Å². The van der Waals surface area contributed by atoms with Crippen LogP contribution in [-0.2, 0) is 6.42 Å². The molecule has 4 rings (SSSR count). The molecule has 176 valence electrons. The van der Waals surface area contributed by atoms with E-state index in [1.54, 1.807) is 0 Å². The Morgan fingerprint density at radius 3 is 2.53 bits per heavy atom. The number of nitrogens with zero attached hydrogens (tertiary/aromatic N) is 4. The number of carbonyl (C=O) groups excluding carboxylic acids is 1. The molecule has 0 spiro atoms. The number of hydrogen-bond donors (Lipinski definition) is 1. The maximum atomic E-state index is 12.9. The molecule has 0 saturated carbocycles.